The highest BCUT2D eigenvalue weighted by Gasteiger charge is 2.26. The summed E-state index contributed by atoms with van der Waals surface area (Å²) in [6.45, 7) is 4.57. The van der Waals surface area contributed by atoms with Crippen molar-refractivity contribution in [2.24, 2.45) is 5.92 Å². The standard InChI is InChI=1S/C13H19FN2O/c1-2-11-9-16(4-3-13(11)17)8-10-5-12(14)7-15-6-10/h5-7,11,13,17H,2-4,8-9H2,1H3. The van der Waals surface area contributed by atoms with Gasteiger partial charge in [-0.2, -0.15) is 0 Å². The third kappa shape index (κ3) is 3.23. The number of hydrogen-bond acceptors (Lipinski definition) is 3. The fraction of sp³-hybridized carbons (Fsp3) is 0.615. The van der Waals surface area contributed by atoms with E-state index in [9.17, 15) is 9.50 Å². The van der Waals surface area contributed by atoms with E-state index in [1.54, 1.807) is 6.20 Å². The van der Waals surface area contributed by atoms with Crippen LogP contribution in [0.5, 0.6) is 0 Å². The molecule has 2 rings (SSSR count). The van der Waals surface area contributed by atoms with Crippen LogP contribution in [0.4, 0.5) is 4.39 Å². The minimum Gasteiger partial charge on any atom is -0.393 e. The molecule has 0 amide bonds. The lowest BCUT2D eigenvalue weighted by molar-refractivity contribution is 0.0221. The van der Waals surface area contributed by atoms with Crippen LogP contribution in [0.2, 0.25) is 0 Å². The Bertz CT molecular complexity index is 372. The normalized spacial score (nSPS) is 26.1. The summed E-state index contributed by atoms with van der Waals surface area (Å²) in [4.78, 5) is 6.11. The van der Waals surface area contributed by atoms with Crippen molar-refractivity contribution in [3.05, 3.63) is 29.8 Å². The number of halogens is 1. The lowest BCUT2D eigenvalue weighted by Gasteiger charge is -2.35. The van der Waals surface area contributed by atoms with E-state index in [2.05, 4.69) is 16.8 Å². The fourth-order valence-electron chi connectivity index (χ4n) is 2.44. The molecule has 2 heterocycles. The molecule has 0 spiro atoms. The number of aromatic nitrogens is 1. The van der Waals surface area contributed by atoms with Crippen molar-refractivity contribution >= 4 is 0 Å². The second-order valence-corrected chi connectivity index (χ2v) is 4.77. The number of nitrogens with zero attached hydrogens (tertiary/aromatic N) is 2. The van der Waals surface area contributed by atoms with Crippen LogP contribution in [-0.4, -0.2) is 34.2 Å². The summed E-state index contributed by atoms with van der Waals surface area (Å²) >= 11 is 0. The molecule has 94 valence electrons. The zero-order valence-electron chi connectivity index (χ0n) is 10.1. The summed E-state index contributed by atoms with van der Waals surface area (Å²) in [7, 11) is 0. The molecule has 0 bridgehead atoms. The van der Waals surface area contributed by atoms with Crippen LogP contribution in [0.1, 0.15) is 25.3 Å². The van der Waals surface area contributed by atoms with Gasteiger partial charge in [0.15, 0.2) is 0 Å². The molecule has 17 heavy (non-hydrogen) atoms. The van der Waals surface area contributed by atoms with Gasteiger partial charge in [-0.05, 0) is 30.4 Å². The van der Waals surface area contributed by atoms with Gasteiger partial charge in [-0.1, -0.05) is 6.92 Å². The largest absolute Gasteiger partial charge is 0.393 e. The Morgan fingerprint density at radius 2 is 2.35 bits per heavy atom. The van der Waals surface area contributed by atoms with Crippen molar-refractivity contribution in [2.75, 3.05) is 13.1 Å². The number of aliphatic hydroxyl groups is 1. The van der Waals surface area contributed by atoms with E-state index >= 15 is 0 Å². The topological polar surface area (TPSA) is 36.4 Å². The minimum absolute atomic E-state index is 0.179. The van der Waals surface area contributed by atoms with Crippen molar-refractivity contribution in [1.29, 1.82) is 0 Å². The molecule has 0 aliphatic carbocycles. The fourth-order valence-corrected chi connectivity index (χ4v) is 2.44. The summed E-state index contributed by atoms with van der Waals surface area (Å²) in [5.74, 6) is 0.0526. The molecule has 1 aromatic rings. The lowest BCUT2D eigenvalue weighted by atomic mass is 9.92. The molecular weight excluding hydrogens is 219 g/mol. The zero-order chi connectivity index (χ0) is 12.3. The third-order valence-electron chi connectivity index (χ3n) is 3.47. The molecule has 1 fully saturated rings. The predicted octanol–water partition coefficient (Wildman–Crippen LogP) is 1.81. The first-order valence-electron chi connectivity index (χ1n) is 6.19. The average molecular weight is 238 g/mol. The molecule has 2 atom stereocenters. The molecule has 0 saturated carbocycles. The van der Waals surface area contributed by atoms with Crippen molar-refractivity contribution in [1.82, 2.24) is 9.88 Å². The third-order valence-corrected chi connectivity index (χ3v) is 3.47. The maximum Gasteiger partial charge on any atom is 0.141 e. The van der Waals surface area contributed by atoms with Crippen LogP contribution < -0.4 is 0 Å². The number of pyridine rings is 1. The number of rotatable bonds is 3. The van der Waals surface area contributed by atoms with Crippen LogP contribution in [0.25, 0.3) is 0 Å². The Morgan fingerprint density at radius 1 is 1.53 bits per heavy atom. The maximum atomic E-state index is 13.0. The highest BCUT2D eigenvalue weighted by atomic mass is 19.1. The quantitative estimate of drug-likeness (QED) is 0.872. The average Bonchev–Trinajstić information content (AvgIpc) is 2.32. The van der Waals surface area contributed by atoms with Crippen molar-refractivity contribution < 1.29 is 9.50 Å². The summed E-state index contributed by atoms with van der Waals surface area (Å²) in [6, 6.07) is 1.53. The minimum atomic E-state index is -0.286. The van der Waals surface area contributed by atoms with E-state index in [1.165, 1.54) is 12.3 Å². The first-order valence-corrected chi connectivity index (χ1v) is 6.19. The second-order valence-electron chi connectivity index (χ2n) is 4.77. The van der Waals surface area contributed by atoms with Crippen LogP contribution >= 0.6 is 0 Å². The van der Waals surface area contributed by atoms with Gasteiger partial charge >= 0.3 is 0 Å². The van der Waals surface area contributed by atoms with Gasteiger partial charge in [-0.3, -0.25) is 9.88 Å². The lowest BCUT2D eigenvalue weighted by Crippen LogP contribution is -2.42. The molecule has 1 aliphatic heterocycles. The highest BCUT2D eigenvalue weighted by Crippen LogP contribution is 2.21. The van der Waals surface area contributed by atoms with Gasteiger partial charge in [-0.15, -0.1) is 0 Å². The predicted molar refractivity (Wildman–Crippen MR) is 63.9 cm³/mol. The molecule has 0 aromatic carbocycles. The van der Waals surface area contributed by atoms with Crippen molar-refractivity contribution in [3.63, 3.8) is 0 Å². The zero-order valence-corrected chi connectivity index (χ0v) is 10.1. The molecule has 1 saturated heterocycles. The van der Waals surface area contributed by atoms with Crippen molar-refractivity contribution in [3.8, 4) is 0 Å². The summed E-state index contributed by atoms with van der Waals surface area (Å²) in [6.07, 6.45) is 4.54. The van der Waals surface area contributed by atoms with Crippen LogP contribution in [-0.2, 0) is 6.54 Å². The van der Waals surface area contributed by atoms with E-state index in [0.29, 0.717) is 12.5 Å². The molecule has 0 radical (unpaired) electrons. The Balaban J connectivity index is 1.95. The number of likely N-dealkylation sites (tertiary alicyclic amines) is 1. The molecule has 4 heteroatoms. The second kappa shape index (κ2) is 5.56. The Hall–Kier alpha value is -1.00. The molecule has 1 aromatic heterocycles. The highest BCUT2D eigenvalue weighted by molar-refractivity contribution is 5.10. The van der Waals surface area contributed by atoms with Crippen LogP contribution in [0.15, 0.2) is 18.5 Å². The van der Waals surface area contributed by atoms with Gasteiger partial charge in [0, 0.05) is 25.8 Å². The van der Waals surface area contributed by atoms with Crippen molar-refractivity contribution in [2.45, 2.75) is 32.4 Å². The molecule has 3 nitrogen and oxygen atoms in total. The number of aliphatic hydroxyl groups excluding tert-OH is 1. The van der Waals surface area contributed by atoms with Gasteiger partial charge in [0.2, 0.25) is 0 Å². The van der Waals surface area contributed by atoms with Crippen LogP contribution in [0, 0.1) is 11.7 Å². The first-order chi connectivity index (χ1) is 8.19. The Morgan fingerprint density at radius 3 is 3.06 bits per heavy atom. The van der Waals surface area contributed by atoms with Gasteiger partial charge < -0.3 is 5.11 Å². The number of piperidine rings is 1. The summed E-state index contributed by atoms with van der Waals surface area (Å²) in [5, 5.41) is 9.80. The van der Waals surface area contributed by atoms with E-state index in [-0.39, 0.29) is 11.9 Å². The Kier molecular flexibility index (Phi) is 4.07. The van der Waals surface area contributed by atoms with Gasteiger partial charge in [0.25, 0.3) is 0 Å². The van der Waals surface area contributed by atoms with E-state index in [4.69, 9.17) is 0 Å². The van der Waals surface area contributed by atoms with Crippen LogP contribution in [0.3, 0.4) is 0 Å². The van der Waals surface area contributed by atoms with E-state index in [1.807, 2.05) is 0 Å². The SMILES string of the molecule is CCC1CN(Cc2cncc(F)c2)CCC1O. The van der Waals surface area contributed by atoms with E-state index in [0.717, 1.165) is 31.5 Å². The summed E-state index contributed by atoms with van der Waals surface area (Å²) in [5.41, 5.74) is 0.899. The molecular formula is C13H19FN2O. The molecule has 1 N–H and O–H groups in total. The number of hydrogen-bond donors (Lipinski definition) is 1. The Labute approximate surface area is 101 Å². The molecule has 1 aliphatic rings. The monoisotopic (exact) mass is 238 g/mol. The van der Waals surface area contributed by atoms with E-state index < -0.39 is 0 Å². The van der Waals surface area contributed by atoms with Gasteiger partial charge in [0.05, 0.1) is 12.3 Å². The smallest absolute Gasteiger partial charge is 0.141 e. The maximum absolute atomic E-state index is 13.0. The van der Waals surface area contributed by atoms with Gasteiger partial charge in [-0.25, -0.2) is 4.39 Å². The first kappa shape index (κ1) is 12.5. The summed E-state index contributed by atoms with van der Waals surface area (Å²) < 4.78 is 13.0. The van der Waals surface area contributed by atoms with Gasteiger partial charge in [0.1, 0.15) is 5.82 Å². The molecule has 2 unspecified atom stereocenters.